The van der Waals surface area contributed by atoms with Crippen molar-refractivity contribution in [2.75, 3.05) is 28.4 Å². The Morgan fingerprint density at radius 2 is 1.48 bits per heavy atom. The van der Waals surface area contributed by atoms with Crippen molar-refractivity contribution < 1.29 is 28.5 Å². The minimum atomic E-state index is -0.665. The Morgan fingerprint density at radius 1 is 0.897 bits per heavy atom. The molecule has 29 heavy (non-hydrogen) atoms. The van der Waals surface area contributed by atoms with Gasteiger partial charge in [-0.3, -0.25) is 15.0 Å². The molecule has 0 fully saturated rings. The van der Waals surface area contributed by atoms with Crippen molar-refractivity contribution in [1.29, 1.82) is 0 Å². The van der Waals surface area contributed by atoms with Crippen molar-refractivity contribution >= 4 is 17.9 Å². The summed E-state index contributed by atoms with van der Waals surface area (Å²) in [4.78, 5) is 24.9. The number of rotatable bonds is 8. The first-order valence-corrected chi connectivity index (χ1v) is 8.45. The second-order valence-electron chi connectivity index (χ2n) is 5.67. The van der Waals surface area contributed by atoms with Gasteiger partial charge in [-0.1, -0.05) is 12.1 Å². The lowest BCUT2D eigenvalue weighted by atomic mass is 10.1. The molecule has 2 amide bonds. The predicted octanol–water partition coefficient (Wildman–Crippen LogP) is 1.48. The fourth-order valence-electron chi connectivity index (χ4n) is 2.51. The van der Waals surface area contributed by atoms with Crippen LogP contribution in [0.5, 0.6) is 23.0 Å². The topological polar surface area (TPSA) is 121 Å². The van der Waals surface area contributed by atoms with Crippen molar-refractivity contribution in [3.05, 3.63) is 53.2 Å². The van der Waals surface area contributed by atoms with Crippen LogP contribution in [0.15, 0.2) is 42.1 Å². The first-order valence-electron chi connectivity index (χ1n) is 8.45. The lowest BCUT2D eigenvalue weighted by Gasteiger charge is -2.14. The number of nitrogens with one attached hydrogen (secondary N) is 2. The van der Waals surface area contributed by atoms with Gasteiger partial charge < -0.3 is 24.3 Å². The first kappa shape index (κ1) is 21.6. The van der Waals surface area contributed by atoms with Crippen LogP contribution in [0.2, 0.25) is 0 Å². The van der Waals surface area contributed by atoms with E-state index in [1.165, 1.54) is 39.5 Å². The van der Waals surface area contributed by atoms with E-state index in [1.54, 1.807) is 31.4 Å². The van der Waals surface area contributed by atoms with Crippen LogP contribution in [-0.4, -0.2) is 40.3 Å². The van der Waals surface area contributed by atoms with Crippen molar-refractivity contribution in [2.24, 2.45) is 5.84 Å². The van der Waals surface area contributed by atoms with Gasteiger partial charge in [0.1, 0.15) is 11.4 Å². The summed E-state index contributed by atoms with van der Waals surface area (Å²) in [5, 5.41) is 2.55. The van der Waals surface area contributed by atoms with E-state index < -0.39 is 11.8 Å². The average Bonchev–Trinajstić information content (AvgIpc) is 2.77. The molecule has 0 aliphatic carbocycles. The Bertz CT molecular complexity index is 884. The standard InChI is InChI=1S/C20H23N3O6/c1-26-14-7-5-12(6-8-14)9-15(20(25)23-21)22-19(24)13-10-16(27-2)18(29-4)17(11-13)28-3/h5-11H,21H2,1-4H3,(H,22,24)(H,23,25). The van der Waals surface area contributed by atoms with Gasteiger partial charge in [-0.2, -0.15) is 0 Å². The van der Waals surface area contributed by atoms with Gasteiger partial charge >= 0.3 is 0 Å². The number of hydrazine groups is 1. The van der Waals surface area contributed by atoms with E-state index >= 15 is 0 Å². The monoisotopic (exact) mass is 401 g/mol. The molecule has 4 N–H and O–H groups in total. The number of carbonyl (C=O) groups is 2. The number of hydrogen-bond donors (Lipinski definition) is 3. The molecular weight excluding hydrogens is 378 g/mol. The van der Waals surface area contributed by atoms with Gasteiger partial charge in [0.05, 0.1) is 28.4 Å². The number of methoxy groups -OCH3 is 4. The Balaban J connectivity index is 2.37. The van der Waals surface area contributed by atoms with Crippen molar-refractivity contribution in [3.63, 3.8) is 0 Å². The van der Waals surface area contributed by atoms with Crippen LogP contribution >= 0.6 is 0 Å². The third-order valence-electron chi connectivity index (χ3n) is 3.98. The zero-order valence-electron chi connectivity index (χ0n) is 16.6. The van der Waals surface area contributed by atoms with E-state index in [0.29, 0.717) is 28.6 Å². The molecule has 0 bridgehead atoms. The summed E-state index contributed by atoms with van der Waals surface area (Å²) in [5.41, 5.74) is 2.83. The van der Waals surface area contributed by atoms with Gasteiger partial charge in [0.2, 0.25) is 5.75 Å². The zero-order chi connectivity index (χ0) is 21.4. The number of ether oxygens (including phenoxy) is 4. The minimum absolute atomic E-state index is 0.0450. The molecule has 0 aliphatic rings. The van der Waals surface area contributed by atoms with E-state index in [4.69, 9.17) is 24.8 Å². The molecule has 2 aromatic carbocycles. The summed E-state index contributed by atoms with van der Waals surface area (Å²) in [6.07, 6.45) is 1.48. The highest BCUT2D eigenvalue weighted by Gasteiger charge is 2.19. The van der Waals surface area contributed by atoms with Gasteiger partial charge in [0, 0.05) is 5.56 Å². The van der Waals surface area contributed by atoms with E-state index in [1.807, 2.05) is 5.43 Å². The SMILES string of the molecule is COc1ccc(C=C(NC(=O)c2cc(OC)c(OC)c(OC)c2)C(=O)NN)cc1. The number of nitrogens with two attached hydrogens (primary N) is 1. The molecule has 0 heterocycles. The number of amides is 2. The fourth-order valence-corrected chi connectivity index (χ4v) is 2.51. The van der Waals surface area contributed by atoms with Crippen molar-refractivity contribution in [3.8, 4) is 23.0 Å². The highest BCUT2D eigenvalue weighted by atomic mass is 16.5. The molecule has 0 spiro atoms. The second-order valence-corrected chi connectivity index (χ2v) is 5.67. The van der Waals surface area contributed by atoms with E-state index in [-0.39, 0.29) is 11.3 Å². The van der Waals surface area contributed by atoms with Crippen LogP contribution in [0.25, 0.3) is 6.08 Å². The van der Waals surface area contributed by atoms with Crippen molar-refractivity contribution in [1.82, 2.24) is 10.7 Å². The van der Waals surface area contributed by atoms with Gasteiger partial charge in [0.25, 0.3) is 11.8 Å². The smallest absolute Gasteiger partial charge is 0.281 e. The molecule has 9 nitrogen and oxygen atoms in total. The van der Waals surface area contributed by atoms with E-state index in [2.05, 4.69) is 5.32 Å². The molecule has 0 aliphatic heterocycles. The van der Waals surface area contributed by atoms with Gasteiger partial charge in [0.15, 0.2) is 11.5 Å². The zero-order valence-corrected chi connectivity index (χ0v) is 16.6. The van der Waals surface area contributed by atoms with Crippen LogP contribution in [0, 0.1) is 0 Å². The molecule has 0 atom stereocenters. The molecule has 2 aromatic rings. The Labute approximate surface area is 168 Å². The maximum absolute atomic E-state index is 12.8. The second kappa shape index (κ2) is 10.00. The van der Waals surface area contributed by atoms with Crippen LogP contribution in [-0.2, 0) is 4.79 Å². The number of benzene rings is 2. The van der Waals surface area contributed by atoms with Crippen LogP contribution in [0.3, 0.4) is 0 Å². The van der Waals surface area contributed by atoms with Gasteiger partial charge in [-0.05, 0) is 35.9 Å². The van der Waals surface area contributed by atoms with E-state index in [0.717, 1.165) is 0 Å². The number of carbonyl (C=O) groups excluding carboxylic acids is 2. The summed E-state index contributed by atoms with van der Waals surface area (Å²) < 4.78 is 20.8. The fraction of sp³-hybridized carbons (Fsp3) is 0.200. The lowest BCUT2D eigenvalue weighted by molar-refractivity contribution is -0.117. The third kappa shape index (κ3) is 5.17. The Hall–Kier alpha value is -3.72. The van der Waals surface area contributed by atoms with Gasteiger partial charge in [-0.25, -0.2) is 5.84 Å². The molecule has 2 rings (SSSR count). The predicted molar refractivity (Wildman–Crippen MR) is 107 cm³/mol. The van der Waals surface area contributed by atoms with Gasteiger partial charge in [-0.15, -0.1) is 0 Å². The quantitative estimate of drug-likeness (QED) is 0.265. The van der Waals surface area contributed by atoms with Crippen LogP contribution in [0.4, 0.5) is 0 Å². The third-order valence-corrected chi connectivity index (χ3v) is 3.98. The molecule has 0 saturated heterocycles. The summed E-state index contributed by atoms with van der Waals surface area (Å²) in [6.45, 7) is 0. The minimum Gasteiger partial charge on any atom is -0.497 e. The van der Waals surface area contributed by atoms with Crippen molar-refractivity contribution in [2.45, 2.75) is 0 Å². The molecule has 154 valence electrons. The summed E-state index contributed by atoms with van der Waals surface area (Å²) in [7, 11) is 5.89. The summed E-state index contributed by atoms with van der Waals surface area (Å²) in [6, 6.07) is 9.86. The molecule has 0 saturated carbocycles. The Morgan fingerprint density at radius 3 is 1.93 bits per heavy atom. The maximum atomic E-state index is 12.8. The molecule has 0 radical (unpaired) electrons. The highest BCUT2D eigenvalue weighted by molar-refractivity contribution is 6.05. The van der Waals surface area contributed by atoms with Crippen LogP contribution < -0.4 is 35.5 Å². The highest BCUT2D eigenvalue weighted by Crippen LogP contribution is 2.38. The first-order chi connectivity index (χ1) is 14.0. The van der Waals surface area contributed by atoms with E-state index in [9.17, 15) is 9.59 Å². The number of hydrogen-bond acceptors (Lipinski definition) is 7. The summed E-state index contributed by atoms with van der Waals surface area (Å²) in [5.74, 6) is 5.64. The maximum Gasteiger partial charge on any atom is 0.281 e. The molecule has 9 heteroatoms. The Kier molecular flexibility index (Phi) is 7.44. The summed E-state index contributed by atoms with van der Waals surface area (Å²) >= 11 is 0. The molecule has 0 unspecified atom stereocenters. The molecular formula is C20H23N3O6. The largest absolute Gasteiger partial charge is 0.497 e. The normalized spacial score (nSPS) is 10.7. The average molecular weight is 401 g/mol. The molecule has 0 aromatic heterocycles. The van der Waals surface area contributed by atoms with Crippen LogP contribution in [0.1, 0.15) is 15.9 Å². The lowest BCUT2D eigenvalue weighted by Crippen LogP contribution is -2.38.